The Kier molecular flexibility index (Phi) is 3.37. The van der Waals surface area contributed by atoms with E-state index in [-0.39, 0.29) is 0 Å². The molecule has 0 saturated carbocycles. The Labute approximate surface area is 112 Å². The highest BCUT2D eigenvalue weighted by Gasteiger charge is 2.22. The SMILES string of the molecule is NCC1CCN(c2ccc(-c3cccnc3)nn2)C1. The van der Waals surface area contributed by atoms with Crippen LogP contribution in [0.5, 0.6) is 0 Å². The zero-order valence-corrected chi connectivity index (χ0v) is 10.7. The van der Waals surface area contributed by atoms with Crippen LogP contribution >= 0.6 is 0 Å². The molecule has 1 aliphatic heterocycles. The van der Waals surface area contributed by atoms with E-state index >= 15 is 0 Å². The first kappa shape index (κ1) is 12.0. The first-order valence-corrected chi connectivity index (χ1v) is 6.56. The third-order valence-corrected chi connectivity index (χ3v) is 3.55. The molecule has 0 spiro atoms. The van der Waals surface area contributed by atoms with Crippen LogP contribution in [0.1, 0.15) is 6.42 Å². The van der Waals surface area contributed by atoms with Crippen LogP contribution in [0.25, 0.3) is 11.3 Å². The monoisotopic (exact) mass is 255 g/mol. The summed E-state index contributed by atoms with van der Waals surface area (Å²) in [5.41, 5.74) is 7.55. The van der Waals surface area contributed by atoms with Crippen molar-refractivity contribution >= 4 is 5.82 Å². The molecule has 0 aliphatic carbocycles. The van der Waals surface area contributed by atoms with E-state index in [0.717, 1.165) is 43.1 Å². The van der Waals surface area contributed by atoms with Gasteiger partial charge in [-0.2, -0.15) is 0 Å². The van der Waals surface area contributed by atoms with Crippen molar-refractivity contribution in [3.8, 4) is 11.3 Å². The lowest BCUT2D eigenvalue weighted by molar-refractivity contribution is 0.602. The summed E-state index contributed by atoms with van der Waals surface area (Å²) >= 11 is 0. The van der Waals surface area contributed by atoms with Gasteiger partial charge in [0.15, 0.2) is 5.82 Å². The van der Waals surface area contributed by atoms with Crippen LogP contribution in [-0.4, -0.2) is 34.8 Å². The van der Waals surface area contributed by atoms with Gasteiger partial charge in [0.2, 0.25) is 0 Å². The first-order chi connectivity index (χ1) is 9.36. The second kappa shape index (κ2) is 5.32. The van der Waals surface area contributed by atoms with Gasteiger partial charge in [0.25, 0.3) is 0 Å². The zero-order valence-electron chi connectivity index (χ0n) is 10.7. The molecule has 0 amide bonds. The average molecular weight is 255 g/mol. The smallest absolute Gasteiger partial charge is 0.151 e. The number of nitrogens with zero attached hydrogens (tertiary/aromatic N) is 4. The normalized spacial score (nSPS) is 18.8. The molecule has 5 nitrogen and oxygen atoms in total. The van der Waals surface area contributed by atoms with Crippen LogP contribution in [-0.2, 0) is 0 Å². The molecule has 2 N–H and O–H groups in total. The third kappa shape index (κ3) is 2.56. The molecule has 1 fully saturated rings. The molecule has 1 unspecified atom stereocenters. The molecule has 3 rings (SSSR count). The second-order valence-electron chi connectivity index (χ2n) is 4.85. The fourth-order valence-electron chi connectivity index (χ4n) is 2.40. The lowest BCUT2D eigenvalue weighted by Gasteiger charge is -2.16. The van der Waals surface area contributed by atoms with Crippen molar-refractivity contribution in [2.75, 3.05) is 24.5 Å². The molecule has 0 aromatic carbocycles. The molecule has 0 bridgehead atoms. The molecule has 2 aromatic heterocycles. The molecule has 98 valence electrons. The van der Waals surface area contributed by atoms with Gasteiger partial charge in [-0.1, -0.05) is 0 Å². The fraction of sp³-hybridized carbons (Fsp3) is 0.357. The fourth-order valence-corrected chi connectivity index (χ4v) is 2.40. The summed E-state index contributed by atoms with van der Waals surface area (Å²) in [6, 6.07) is 7.90. The Morgan fingerprint density at radius 3 is 2.84 bits per heavy atom. The first-order valence-electron chi connectivity index (χ1n) is 6.56. The largest absolute Gasteiger partial charge is 0.355 e. The van der Waals surface area contributed by atoms with E-state index in [4.69, 9.17) is 5.73 Å². The number of anilines is 1. The van der Waals surface area contributed by atoms with Crippen LogP contribution in [0.3, 0.4) is 0 Å². The minimum atomic E-state index is 0.583. The van der Waals surface area contributed by atoms with Crippen LogP contribution in [0.15, 0.2) is 36.7 Å². The number of aromatic nitrogens is 3. The molecule has 0 radical (unpaired) electrons. The lowest BCUT2D eigenvalue weighted by Crippen LogP contribution is -2.23. The standard InChI is InChI=1S/C14H17N5/c15-8-11-5-7-19(10-11)14-4-3-13(17-18-14)12-2-1-6-16-9-12/h1-4,6,9,11H,5,7-8,10,15H2. The van der Waals surface area contributed by atoms with Crippen LogP contribution < -0.4 is 10.6 Å². The summed E-state index contributed by atoms with van der Waals surface area (Å²) < 4.78 is 0. The summed E-state index contributed by atoms with van der Waals surface area (Å²) in [4.78, 5) is 6.34. The highest BCUT2D eigenvalue weighted by atomic mass is 15.3. The van der Waals surface area contributed by atoms with Crippen molar-refractivity contribution in [2.45, 2.75) is 6.42 Å². The molecule has 2 aromatic rings. The Bertz CT molecular complexity index is 525. The van der Waals surface area contributed by atoms with Gasteiger partial charge >= 0.3 is 0 Å². The van der Waals surface area contributed by atoms with Crippen molar-refractivity contribution in [2.24, 2.45) is 11.7 Å². The van der Waals surface area contributed by atoms with Crippen molar-refractivity contribution in [3.05, 3.63) is 36.7 Å². The predicted molar refractivity (Wildman–Crippen MR) is 74.6 cm³/mol. The van der Waals surface area contributed by atoms with Gasteiger partial charge in [-0.15, -0.1) is 10.2 Å². The van der Waals surface area contributed by atoms with Crippen molar-refractivity contribution in [3.63, 3.8) is 0 Å². The molecule has 3 heterocycles. The van der Waals surface area contributed by atoms with E-state index in [2.05, 4.69) is 20.1 Å². The topological polar surface area (TPSA) is 67.9 Å². The molecule has 5 heteroatoms. The maximum atomic E-state index is 5.70. The molecular weight excluding hydrogens is 238 g/mol. The van der Waals surface area contributed by atoms with Crippen molar-refractivity contribution < 1.29 is 0 Å². The molecular formula is C14H17N5. The quantitative estimate of drug-likeness (QED) is 0.896. The summed E-state index contributed by atoms with van der Waals surface area (Å²) in [6.07, 6.45) is 4.69. The van der Waals surface area contributed by atoms with Crippen LogP contribution in [0.2, 0.25) is 0 Å². The van der Waals surface area contributed by atoms with Gasteiger partial charge in [-0.25, -0.2) is 0 Å². The van der Waals surface area contributed by atoms with Gasteiger partial charge in [-0.05, 0) is 43.1 Å². The number of hydrogen-bond donors (Lipinski definition) is 1. The van der Waals surface area contributed by atoms with Gasteiger partial charge in [0, 0.05) is 31.0 Å². The summed E-state index contributed by atoms with van der Waals surface area (Å²) in [7, 11) is 0. The van der Waals surface area contributed by atoms with Crippen LogP contribution in [0, 0.1) is 5.92 Å². The van der Waals surface area contributed by atoms with E-state index in [0.29, 0.717) is 5.92 Å². The summed E-state index contributed by atoms with van der Waals surface area (Å²) in [6.45, 7) is 2.75. The van der Waals surface area contributed by atoms with E-state index in [1.165, 1.54) is 0 Å². The van der Waals surface area contributed by atoms with Gasteiger partial charge in [-0.3, -0.25) is 4.98 Å². The summed E-state index contributed by atoms with van der Waals surface area (Å²) in [5.74, 6) is 1.52. The molecule has 1 atom stereocenters. The van der Waals surface area contributed by atoms with Gasteiger partial charge < -0.3 is 10.6 Å². The van der Waals surface area contributed by atoms with Crippen molar-refractivity contribution in [1.29, 1.82) is 0 Å². The maximum absolute atomic E-state index is 5.70. The Hall–Kier alpha value is -2.01. The molecule has 1 saturated heterocycles. The van der Waals surface area contributed by atoms with E-state index in [1.807, 2.05) is 24.3 Å². The Morgan fingerprint density at radius 2 is 2.21 bits per heavy atom. The minimum absolute atomic E-state index is 0.583. The van der Waals surface area contributed by atoms with E-state index in [1.54, 1.807) is 12.4 Å². The highest BCUT2D eigenvalue weighted by Crippen LogP contribution is 2.22. The minimum Gasteiger partial charge on any atom is -0.355 e. The highest BCUT2D eigenvalue weighted by molar-refractivity contribution is 5.58. The van der Waals surface area contributed by atoms with Crippen LogP contribution in [0.4, 0.5) is 5.82 Å². The molecule has 1 aliphatic rings. The number of hydrogen-bond acceptors (Lipinski definition) is 5. The second-order valence-corrected chi connectivity index (χ2v) is 4.85. The van der Waals surface area contributed by atoms with Gasteiger partial charge in [0.05, 0.1) is 5.69 Å². The van der Waals surface area contributed by atoms with E-state index in [9.17, 15) is 0 Å². The summed E-state index contributed by atoms with van der Waals surface area (Å²) in [5, 5.41) is 8.59. The average Bonchev–Trinajstić information content (AvgIpc) is 2.97. The predicted octanol–water partition coefficient (Wildman–Crippen LogP) is 1.32. The zero-order chi connectivity index (χ0) is 13.1. The van der Waals surface area contributed by atoms with Crippen molar-refractivity contribution in [1.82, 2.24) is 15.2 Å². The maximum Gasteiger partial charge on any atom is 0.151 e. The van der Waals surface area contributed by atoms with Gasteiger partial charge in [0.1, 0.15) is 0 Å². The van der Waals surface area contributed by atoms with E-state index < -0.39 is 0 Å². The number of rotatable bonds is 3. The Morgan fingerprint density at radius 1 is 1.26 bits per heavy atom. The lowest BCUT2D eigenvalue weighted by atomic mass is 10.1. The number of pyridine rings is 1. The third-order valence-electron chi connectivity index (χ3n) is 3.55. The Balaban J connectivity index is 1.76. The number of nitrogens with two attached hydrogens (primary N) is 1. The molecule has 19 heavy (non-hydrogen) atoms.